The van der Waals surface area contributed by atoms with Crippen LogP contribution in [0.5, 0.6) is 0 Å². The molecule has 2 unspecified atom stereocenters. The molecule has 1 aliphatic carbocycles. The Kier molecular flexibility index (Phi) is 2.90. The van der Waals surface area contributed by atoms with Crippen molar-refractivity contribution in [3.8, 4) is 0 Å². The number of nitrogens with zero attached hydrogens (tertiary/aromatic N) is 3. The average molecular weight is 210 g/mol. The number of likely N-dealkylation sites (N-methyl/N-ethyl adjacent to an activating group) is 1. The van der Waals surface area contributed by atoms with Crippen molar-refractivity contribution in [2.75, 3.05) is 26.0 Å². The van der Waals surface area contributed by atoms with Crippen molar-refractivity contribution < 1.29 is 4.52 Å². The fourth-order valence-electron chi connectivity index (χ4n) is 2.16. The molecule has 0 aliphatic heterocycles. The topological polar surface area (TPSA) is 54.2 Å². The highest BCUT2D eigenvalue weighted by Gasteiger charge is 2.31. The Balaban J connectivity index is 2.14. The molecule has 0 aromatic carbocycles. The van der Waals surface area contributed by atoms with Crippen LogP contribution in [0.2, 0.25) is 0 Å². The zero-order chi connectivity index (χ0) is 10.8. The van der Waals surface area contributed by atoms with E-state index in [-0.39, 0.29) is 0 Å². The van der Waals surface area contributed by atoms with Crippen molar-refractivity contribution in [3.63, 3.8) is 0 Å². The smallest absolute Gasteiger partial charge is 0.265 e. The number of aromatic nitrogens is 2. The van der Waals surface area contributed by atoms with Crippen LogP contribution in [0.3, 0.4) is 0 Å². The lowest BCUT2D eigenvalue weighted by Crippen LogP contribution is -2.27. The molecular weight excluding hydrogens is 192 g/mol. The van der Waals surface area contributed by atoms with Crippen molar-refractivity contribution in [1.29, 1.82) is 0 Å². The predicted molar refractivity (Wildman–Crippen MR) is 58.1 cm³/mol. The molecule has 84 valence electrons. The molecule has 2 rings (SSSR count). The van der Waals surface area contributed by atoms with Gasteiger partial charge in [0.25, 0.3) is 5.95 Å². The lowest BCUT2D eigenvalue weighted by Gasteiger charge is -2.14. The number of rotatable bonds is 3. The van der Waals surface area contributed by atoms with Crippen molar-refractivity contribution in [1.82, 2.24) is 15.5 Å². The van der Waals surface area contributed by atoms with E-state index in [2.05, 4.69) is 15.5 Å². The SMILES string of the molecule is CNC1CCCC1c1nc(N(C)C)no1. The minimum absolute atomic E-state index is 0.385. The van der Waals surface area contributed by atoms with Gasteiger partial charge in [0, 0.05) is 20.1 Å². The summed E-state index contributed by atoms with van der Waals surface area (Å²) < 4.78 is 5.30. The number of hydrogen-bond donors (Lipinski definition) is 1. The lowest BCUT2D eigenvalue weighted by atomic mass is 10.0. The van der Waals surface area contributed by atoms with Gasteiger partial charge in [-0.2, -0.15) is 4.98 Å². The number of nitrogens with one attached hydrogen (secondary N) is 1. The van der Waals surface area contributed by atoms with Crippen LogP contribution in [0, 0.1) is 0 Å². The summed E-state index contributed by atoms with van der Waals surface area (Å²) >= 11 is 0. The monoisotopic (exact) mass is 210 g/mol. The highest BCUT2D eigenvalue weighted by Crippen LogP contribution is 2.33. The molecule has 1 saturated carbocycles. The van der Waals surface area contributed by atoms with Crippen LogP contribution in [-0.2, 0) is 0 Å². The van der Waals surface area contributed by atoms with E-state index in [1.165, 1.54) is 12.8 Å². The normalized spacial score (nSPS) is 25.8. The molecule has 1 aliphatic rings. The van der Waals surface area contributed by atoms with E-state index < -0.39 is 0 Å². The maximum atomic E-state index is 5.30. The fraction of sp³-hybridized carbons (Fsp3) is 0.800. The van der Waals surface area contributed by atoms with E-state index in [1.807, 2.05) is 26.0 Å². The molecule has 0 bridgehead atoms. The van der Waals surface area contributed by atoms with Crippen LogP contribution in [0.25, 0.3) is 0 Å². The van der Waals surface area contributed by atoms with Gasteiger partial charge in [-0.15, -0.1) is 0 Å². The lowest BCUT2D eigenvalue weighted by molar-refractivity contribution is 0.335. The minimum atomic E-state index is 0.385. The molecule has 1 N–H and O–H groups in total. The van der Waals surface area contributed by atoms with Crippen molar-refractivity contribution >= 4 is 5.95 Å². The molecule has 0 spiro atoms. The van der Waals surface area contributed by atoms with E-state index >= 15 is 0 Å². The van der Waals surface area contributed by atoms with Crippen LogP contribution in [0.1, 0.15) is 31.1 Å². The van der Waals surface area contributed by atoms with Gasteiger partial charge in [-0.1, -0.05) is 6.42 Å². The Bertz CT molecular complexity index is 323. The van der Waals surface area contributed by atoms with E-state index in [0.29, 0.717) is 17.9 Å². The molecule has 0 saturated heterocycles. The molecule has 5 heteroatoms. The first kappa shape index (κ1) is 10.4. The van der Waals surface area contributed by atoms with Gasteiger partial charge in [0.15, 0.2) is 0 Å². The zero-order valence-corrected chi connectivity index (χ0v) is 9.53. The largest absolute Gasteiger partial charge is 0.344 e. The summed E-state index contributed by atoms with van der Waals surface area (Å²) in [5, 5.41) is 7.25. The second-order valence-corrected chi connectivity index (χ2v) is 4.26. The van der Waals surface area contributed by atoms with Gasteiger partial charge in [-0.25, -0.2) is 0 Å². The molecule has 15 heavy (non-hydrogen) atoms. The van der Waals surface area contributed by atoms with E-state index in [9.17, 15) is 0 Å². The first-order chi connectivity index (χ1) is 7.22. The number of anilines is 1. The maximum absolute atomic E-state index is 5.30. The zero-order valence-electron chi connectivity index (χ0n) is 9.53. The highest BCUT2D eigenvalue weighted by molar-refractivity contribution is 5.24. The minimum Gasteiger partial charge on any atom is -0.344 e. The Hall–Kier alpha value is -1.10. The predicted octanol–water partition coefficient (Wildman–Crippen LogP) is 0.991. The summed E-state index contributed by atoms with van der Waals surface area (Å²) in [7, 11) is 5.82. The van der Waals surface area contributed by atoms with Gasteiger partial charge in [-0.3, -0.25) is 0 Å². The summed E-state index contributed by atoms with van der Waals surface area (Å²) in [6.45, 7) is 0. The maximum Gasteiger partial charge on any atom is 0.265 e. The third kappa shape index (κ3) is 1.97. The average Bonchev–Trinajstić information content (AvgIpc) is 2.85. The second-order valence-electron chi connectivity index (χ2n) is 4.26. The molecule has 0 amide bonds. The molecule has 1 aromatic heterocycles. The van der Waals surface area contributed by atoms with Gasteiger partial charge in [0.05, 0.1) is 5.92 Å². The van der Waals surface area contributed by atoms with Crippen LogP contribution >= 0.6 is 0 Å². The Morgan fingerprint density at radius 2 is 2.20 bits per heavy atom. The Morgan fingerprint density at radius 1 is 1.40 bits per heavy atom. The molecule has 0 radical (unpaired) electrons. The van der Waals surface area contributed by atoms with Gasteiger partial charge >= 0.3 is 0 Å². The molecular formula is C10H18N4O. The van der Waals surface area contributed by atoms with Crippen molar-refractivity contribution in [2.24, 2.45) is 0 Å². The fourth-order valence-corrected chi connectivity index (χ4v) is 2.16. The summed E-state index contributed by atoms with van der Waals surface area (Å²) in [6.07, 6.45) is 3.57. The Labute approximate surface area is 89.8 Å². The van der Waals surface area contributed by atoms with E-state index in [0.717, 1.165) is 12.3 Å². The van der Waals surface area contributed by atoms with Gasteiger partial charge < -0.3 is 14.7 Å². The van der Waals surface area contributed by atoms with Crippen LogP contribution in [-0.4, -0.2) is 37.3 Å². The summed E-state index contributed by atoms with van der Waals surface area (Å²) in [5.41, 5.74) is 0. The quantitative estimate of drug-likeness (QED) is 0.806. The van der Waals surface area contributed by atoms with E-state index in [4.69, 9.17) is 4.52 Å². The summed E-state index contributed by atoms with van der Waals surface area (Å²) in [6, 6.07) is 0.487. The molecule has 2 atom stereocenters. The summed E-state index contributed by atoms with van der Waals surface area (Å²) in [4.78, 5) is 6.26. The van der Waals surface area contributed by atoms with Crippen LogP contribution in [0.4, 0.5) is 5.95 Å². The molecule has 5 nitrogen and oxygen atoms in total. The van der Waals surface area contributed by atoms with E-state index in [1.54, 1.807) is 0 Å². The van der Waals surface area contributed by atoms with Crippen LogP contribution < -0.4 is 10.2 Å². The summed E-state index contributed by atoms with van der Waals surface area (Å²) in [5.74, 6) is 1.82. The first-order valence-electron chi connectivity index (χ1n) is 5.40. The molecule has 1 fully saturated rings. The third-order valence-corrected chi connectivity index (χ3v) is 3.03. The van der Waals surface area contributed by atoms with Crippen molar-refractivity contribution in [2.45, 2.75) is 31.2 Å². The van der Waals surface area contributed by atoms with Gasteiger partial charge in [0.2, 0.25) is 5.89 Å². The highest BCUT2D eigenvalue weighted by atomic mass is 16.5. The Morgan fingerprint density at radius 3 is 2.80 bits per heavy atom. The number of hydrogen-bond acceptors (Lipinski definition) is 5. The standard InChI is InChI=1S/C10H18N4O/c1-11-8-6-4-5-7(8)9-12-10(13-15-9)14(2)3/h7-8,11H,4-6H2,1-3H3. The van der Waals surface area contributed by atoms with Gasteiger partial charge in [-0.05, 0) is 25.0 Å². The molecule has 1 aromatic rings. The van der Waals surface area contributed by atoms with Gasteiger partial charge in [0.1, 0.15) is 0 Å². The van der Waals surface area contributed by atoms with Crippen molar-refractivity contribution in [3.05, 3.63) is 5.89 Å². The first-order valence-corrected chi connectivity index (χ1v) is 5.40. The second kappa shape index (κ2) is 4.18. The van der Waals surface area contributed by atoms with Crippen LogP contribution in [0.15, 0.2) is 4.52 Å². The molecule has 1 heterocycles. The third-order valence-electron chi connectivity index (χ3n) is 3.03.